The lowest BCUT2D eigenvalue weighted by molar-refractivity contribution is 0.343. The van der Waals surface area contributed by atoms with Crippen LogP contribution in [0.2, 0.25) is 0 Å². The highest BCUT2D eigenvalue weighted by Gasteiger charge is 2.14. The molecule has 1 fully saturated rings. The Kier molecular flexibility index (Phi) is 3.96. The van der Waals surface area contributed by atoms with Gasteiger partial charge in [-0.05, 0) is 39.4 Å². The summed E-state index contributed by atoms with van der Waals surface area (Å²) in [5.41, 5.74) is 0. The lowest BCUT2D eigenvalue weighted by Crippen LogP contribution is -2.30. The first-order valence-corrected chi connectivity index (χ1v) is 6.14. The highest BCUT2D eigenvalue weighted by atomic mass is 15.1. The van der Waals surface area contributed by atoms with Gasteiger partial charge in [0.15, 0.2) is 0 Å². The second kappa shape index (κ2) is 5.46. The van der Waals surface area contributed by atoms with Crippen molar-refractivity contribution in [2.24, 2.45) is 7.05 Å². The molecule has 0 radical (unpaired) electrons. The Labute approximate surface area is 97.7 Å². The summed E-state index contributed by atoms with van der Waals surface area (Å²) in [6.07, 6.45) is 7.69. The molecule has 1 atom stereocenters. The first-order valence-electron chi connectivity index (χ1n) is 6.14. The van der Waals surface area contributed by atoms with Gasteiger partial charge in [-0.1, -0.05) is 0 Å². The van der Waals surface area contributed by atoms with E-state index in [-0.39, 0.29) is 0 Å². The maximum absolute atomic E-state index is 4.33. The van der Waals surface area contributed by atoms with Crippen molar-refractivity contribution in [1.82, 2.24) is 19.8 Å². The minimum Gasteiger partial charge on any atom is -0.337 e. The van der Waals surface area contributed by atoms with Crippen molar-refractivity contribution in [3.05, 3.63) is 18.2 Å². The predicted octanol–water partition coefficient (Wildman–Crippen LogP) is 0.994. The largest absolute Gasteiger partial charge is 0.337 e. The van der Waals surface area contributed by atoms with Crippen LogP contribution in [0.15, 0.2) is 12.4 Å². The van der Waals surface area contributed by atoms with Gasteiger partial charge < -0.3 is 14.8 Å². The summed E-state index contributed by atoms with van der Waals surface area (Å²) < 4.78 is 2.08. The fourth-order valence-corrected chi connectivity index (χ4v) is 2.25. The molecule has 16 heavy (non-hydrogen) atoms. The predicted molar refractivity (Wildman–Crippen MR) is 65.2 cm³/mol. The second-order valence-corrected chi connectivity index (χ2v) is 4.77. The highest BCUT2D eigenvalue weighted by Crippen LogP contribution is 2.10. The lowest BCUT2D eigenvalue weighted by atomic mass is 10.1. The van der Waals surface area contributed by atoms with Gasteiger partial charge in [-0.25, -0.2) is 4.98 Å². The topological polar surface area (TPSA) is 33.1 Å². The normalized spacial score (nSPS) is 23.2. The van der Waals surface area contributed by atoms with Crippen LogP contribution in [0, 0.1) is 0 Å². The van der Waals surface area contributed by atoms with Crippen LogP contribution in [-0.4, -0.2) is 40.6 Å². The third kappa shape index (κ3) is 3.06. The molecule has 2 rings (SSSR count). The van der Waals surface area contributed by atoms with Gasteiger partial charge in [-0.2, -0.15) is 0 Å². The van der Waals surface area contributed by atoms with E-state index >= 15 is 0 Å². The monoisotopic (exact) mass is 222 g/mol. The number of nitrogens with one attached hydrogen (secondary N) is 1. The van der Waals surface area contributed by atoms with Crippen molar-refractivity contribution in [3.63, 3.8) is 0 Å². The minimum atomic E-state index is 0.654. The molecule has 0 aliphatic carbocycles. The fourth-order valence-electron chi connectivity index (χ4n) is 2.25. The number of aromatic nitrogens is 2. The van der Waals surface area contributed by atoms with Crippen LogP contribution < -0.4 is 5.32 Å². The summed E-state index contributed by atoms with van der Waals surface area (Å²) >= 11 is 0. The summed E-state index contributed by atoms with van der Waals surface area (Å²) in [4.78, 5) is 6.75. The molecule has 0 aromatic carbocycles. The molecule has 1 aromatic heterocycles. The lowest BCUT2D eigenvalue weighted by Gasteiger charge is -2.16. The van der Waals surface area contributed by atoms with E-state index in [0.29, 0.717) is 6.04 Å². The van der Waals surface area contributed by atoms with Gasteiger partial charge in [0, 0.05) is 25.5 Å². The molecule has 1 unspecified atom stereocenters. The Balaban J connectivity index is 1.79. The van der Waals surface area contributed by atoms with Crippen molar-refractivity contribution in [2.75, 3.05) is 20.1 Å². The average Bonchev–Trinajstić information content (AvgIpc) is 2.55. The summed E-state index contributed by atoms with van der Waals surface area (Å²) in [7, 11) is 4.26. The molecule has 90 valence electrons. The molecule has 1 saturated heterocycles. The number of nitrogens with zero attached hydrogens (tertiary/aromatic N) is 3. The van der Waals surface area contributed by atoms with Gasteiger partial charge in [0.2, 0.25) is 0 Å². The quantitative estimate of drug-likeness (QED) is 0.828. The molecule has 4 nitrogen and oxygen atoms in total. The van der Waals surface area contributed by atoms with Crippen molar-refractivity contribution < 1.29 is 0 Å². The molecule has 0 bridgehead atoms. The smallest absolute Gasteiger partial charge is 0.122 e. The van der Waals surface area contributed by atoms with E-state index in [0.717, 1.165) is 12.4 Å². The molecular weight excluding hydrogens is 200 g/mol. The average molecular weight is 222 g/mol. The van der Waals surface area contributed by atoms with E-state index in [1.807, 2.05) is 19.4 Å². The fraction of sp³-hybridized carbons (Fsp3) is 0.750. The maximum Gasteiger partial charge on any atom is 0.122 e. The van der Waals surface area contributed by atoms with Gasteiger partial charge >= 0.3 is 0 Å². The van der Waals surface area contributed by atoms with E-state index in [1.165, 1.54) is 32.4 Å². The number of hydrogen-bond donors (Lipinski definition) is 1. The van der Waals surface area contributed by atoms with Gasteiger partial charge in [0.25, 0.3) is 0 Å². The summed E-state index contributed by atoms with van der Waals surface area (Å²) in [5.74, 6) is 1.12. The van der Waals surface area contributed by atoms with Crippen LogP contribution in [0.4, 0.5) is 0 Å². The molecule has 1 N–H and O–H groups in total. The standard InChI is InChI=1S/C12H22N4/c1-15-7-3-4-11(5-8-15)14-10-12-13-6-9-16(12)2/h6,9,11,14H,3-5,7-8,10H2,1-2H3. The van der Waals surface area contributed by atoms with Crippen LogP contribution in [0.25, 0.3) is 0 Å². The van der Waals surface area contributed by atoms with Gasteiger partial charge in [-0.3, -0.25) is 0 Å². The third-order valence-corrected chi connectivity index (χ3v) is 3.42. The zero-order chi connectivity index (χ0) is 11.4. The summed E-state index contributed by atoms with van der Waals surface area (Å²) in [6.45, 7) is 3.33. The van der Waals surface area contributed by atoms with E-state index in [2.05, 4.69) is 26.8 Å². The number of rotatable bonds is 3. The van der Waals surface area contributed by atoms with Gasteiger partial charge in [-0.15, -0.1) is 0 Å². The Hall–Kier alpha value is -0.870. The molecule has 1 aliphatic heterocycles. The Morgan fingerprint density at radius 1 is 1.38 bits per heavy atom. The molecule has 2 heterocycles. The summed E-state index contributed by atoms with van der Waals surface area (Å²) in [6, 6.07) is 0.654. The van der Waals surface area contributed by atoms with Crippen LogP contribution in [0.5, 0.6) is 0 Å². The van der Waals surface area contributed by atoms with Crippen LogP contribution >= 0.6 is 0 Å². The van der Waals surface area contributed by atoms with E-state index in [9.17, 15) is 0 Å². The molecule has 1 aromatic rings. The Bertz CT molecular complexity index is 321. The minimum absolute atomic E-state index is 0.654. The molecule has 4 heteroatoms. The summed E-state index contributed by atoms with van der Waals surface area (Å²) in [5, 5.41) is 3.62. The number of hydrogen-bond acceptors (Lipinski definition) is 3. The number of likely N-dealkylation sites (tertiary alicyclic amines) is 1. The third-order valence-electron chi connectivity index (χ3n) is 3.42. The molecule has 0 spiro atoms. The first kappa shape index (κ1) is 11.6. The maximum atomic E-state index is 4.33. The molecule has 0 amide bonds. The number of aryl methyl sites for hydroxylation is 1. The van der Waals surface area contributed by atoms with Crippen LogP contribution in [0.1, 0.15) is 25.1 Å². The van der Waals surface area contributed by atoms with Gasteiger partial charge in [0.1, 0.15) is 5.82 Å². The van der Waals surface area contributed by atoms with Gasteiger partial charge in [0.05, 0.1) is 6.54 Å². The van der Waals surface area contributed by atoms with E-state index in [1.54, 1.807) is 0 Å². The first-order chi connectivity index (χ1) is 7.75. The Morgan fingerprint density at radius 3 is 3.00 bits per heavy atom. The van der Waals surface area contributed by atoms with Crippen LogP contribution in [-0.2, 0) is 13.6 Å². The Morgan fingerprint density at radius 2 is 2.25 bits per heavy atom. The second-order valence-electron chi connectivity index (χ2n) is 4.77. The zero-order valence-electron chi connectivity index (χ0n) is 10.3. The van der Waals surface area contributed by atoms with E-state index < -0.39 is 0 Å². The molecule has 0 saturated carbocycles. The van der Waals surface area contributed by atoms with Crippen LogP contribution in [0.3, 0.4) is 0 Å². The van der Waals surface area contributed by atoms with Crippen molar-refractivity contribution in [1.29, 1.82) is 0 Å². The SMILES string of the molecule is CN1CCCC(NCc2nccn2C)CC1. The van der Waals surface area contributed by atoms with Crippen molar-refractivity contribution >= 4 is 0 Å². The van der Waals surface area contributed by atoms with Crippen molar-refractivity contribution in [2.45, 2.75) is 31.8 Å². The van der Waals surface area contributed by atoms with E-state index in [4.69, 9.17) is 0 Å². The number of imidazole rings is 1. The highest BCUT2D eigenvalue weighted by molar-refractivity contribution is 4.91. The molecule has 1 aliphatic rings. The zero-order valence-corrected chi connectivity index (χ0v) is 10.3. The molecular formula is C12H22N4. The van der Waals surface area contributed by atoms with Crippen molar-refractivity contribution in [3.8, 4) is 0 Å².